The zero-order valence-corrected chi connectivity index (χ0v) is 12.5. The molecule has 0 aliphatic carbocycles. The number of anilines is 1. The van der Waals surface area contributed by atoms with Crippen LogP contribution in [0.1, 0.15) is 20.7 Å². The molecule has 23 heavy (non-hydrogen) atoms. The highest BCUT2D eigenvalue weighted by Crippen LogP contribution is 2.30. The van der Waals surface area contributed by atoms with Gasteiger partial charge in [0.05, 0.1) is 21.3 Å². The topological polar surface area (TPSA) is 94.2 Å². The number of nitrogens with two attached hydrogens (primary N) is 1. The molecule has 3 N–H and O–H groups in total. The van der Waals surface area contributed by atoms with Gasteiger partial charge >= 0.3 is 0 Å². The molecule has 2 heterocycles. The average Bonchev–Trinajstić information content (AvgIpc) is 2.76. The highest BCUT2D eigenvalue weighted by atomic mass is 79.9. The van der Waals surface area contributed by atoms with E-state index in [0.717, 1.165) is 6.07 Å². The van der Waals surface area contributed by atoms with Crippen molar-refractivity contribution in [2.24, 2.45) is 0 Å². The van der Waals surface area contributed by atoms with Crippen LogP contribution in [0.5, 0.6) is 0 Å². The zero-order valence-electron chi connectivity index (χ0n) is 10.9. The number of halogens is 4. The van der Waals surface area contributed by atoms with E-state index in [1.165, 1.54) is 0 Å². The molecule has 118 valence electrons. The monoisotopic (exact) mass is 387 g/mol. The molecule has 0 saturated carbocycles. The Morgan fingerprint density at radius 2 is 1.70 bits per heavy atom. The van der Waals surface area contributed by atoms with Crippen LogP contribution in [-0.4, -0.2) is 16.4 Å². The van der Waals surface area contributed by atoms with E-state index in [4.69, 9.17) is 5.73 Å². The van der Waals surface area contributed by atoms with Crippen molar-refractivity contribution >= 4 is 33.6 Å². The van der Waals surface area contributed by atoms with Gasteiger partial charge in [0.15, 0.2) is 17.5 Å². The number of nitrogen functional groups attached to an aromatic ring is 1. The Labute approximate surface area is 133 Å². The first-order valence-electron chi connectivity index (χ1n) is 5.98. The number of hydrogen-bond donors (Lipinski definition) is 2. The normalized spacial score (nSPS) is 13.2. The maximum Gasteiger partial charge on any atom is 0.262 e. The van der Waals surface area contributed by atoms with Crippen molar-refractivity contribution in [2.45, 2.75) is 0 Å². The second-order valence-electron chi connectivity index (χ2n) is 4.59. The molecule has 0 atom stereocenters. The first kappa shape index (κ1) is 15.3. The van der Waals surface area contributed by atoms with Gasteiger partial charge in [-0.3, -0.25) is 24.3 Å². The number of carbonyl (C=O) groups excluding carboxylic acids is 2. The lowest BCUT2D eigenvalue weighted by atomic mass is 10.1. The van der Waals surface area contributed by atoms with Crippen molar-refractivity contribution in [3.8, 4) is 5.69 Å². The summed E-state index contributed by atoms with van der Waals surface area (Å²) < 4.78 is 40.4. The van der Waals surface area contributed by atoms with E-state index in [9.17, 15) is 27.6 Å². The second-order valence-corrected chi connectivity index (χ2v) is 5.39. The Morgan fingerprint density at radius 1 is 1.04 bits per heavy atom. The predicted molar refractivity (Wildman–Crippen MR) is 75.8 cm³/mol. The van der Waals surface area contributed by atoms with Gasteiger partial charge in [0.2, 0.25) is 0 Å². The maximum absolute atomic E-state index is 13.7. The molecule has 10 heteroatoms. The number of nitrogens with one attached hydrogen (secondary N) is 1. The van der Waals surface area contributed by atoms with E-state index in [-0.39, 0.29) is 11.1 Å². The molecule has 1 aliphatic rings. The minimum atomic E-state index is -1.73. The Morgan fingerprint density at radius 3 is 2.35 bits per heavy atom. The van der Waals surface area contributed by atoms with Gasteiger partial charge in [-0.15, -0.1) is 0 Å². The fourth-order valence-electron chi connectivity index (χ4n) is 2.25. The number of benzene rings is 1. The van der Waals surface area contributed by atoms with Crippen LogP contribution in [0.15, 0.2) is 21.4 Å². The molecule has 0 fully saturated rings. The first-order valence-corrected chi connectivity index (χ1v) is 6.78. The number of fused-ring (bicyclic) bond motifs is 1. The van der Waals surface area contributed by atoms with Gasteiger partial charge in [0.1, 0.15) is 5.82 Å². The molecule has 1 aromatic heterocycles. The van der Waals surface area contributed by atoms with E-state index >= 15 is 0 Å². The summed E-state index contributed by atoms with van der Waals surface area (Å²) in [5.74, 6) is -7.00. The summed E-state index contributed by atoms with van der Waals surface area (Å²) >= 11 is 2.71. The lowest BCUT2D eigenvalue weighted by molar-refractivity contribution is 0.0880. The third kappa shape index (κ3) is 2.05. The third-order valence-corrected chi connectivity index (χ3v) is 4.03. The highest BCUT2D eigenvalue weighted by Gasteiger charge is 2.32. The van der Waals surface area contributed by atoms with Gasteiger partial charge in [-0.2, -0.15) is 0 Å². The van der Waals surface area contributed by atoms with Crippen molar-refractivity contribution in [1.82, 2.24) is 9.88 Å². The number of pyridine rings is 1. The lowest BCUT2D eigenvalue weighted by Crippen LogP contribution is -2.25. The van der Waals surface area contributed by atoms with E-state index in [1.54, 1.807) is 0 Å². The zero-order chi connectivity index (χ0) is 17.0. The van der Waals surface area contributed by atoms with Gasteiger partial charge < -0.3 is 5.73 Å². The fraction of sp³-hybridized carbons (Fsp3) is 0. The molecule has 0 saturated heterocycles. The van der Waals surface area contributed by atoms with Crippen molar-refractivity contribution in [2.75, 3.05) is 5.73 Å². The van der Waals surface area contributed by atoms with Crippen LogP contribution in [0.25, 0.3) is 5.69 Å². The quantitative estimate of drug-likeness (QED) is 0.440. The summed E-state index contributed by atoms with van der Waals surface area (Å²) in [4.78, 5) is 35.4. The van der Waals surface area contributed by atoms with Gasteiger partial charge in [0, 0.05) is 12.1 Å². The van der Waals surface area contributed by atoms with Crippen molar-refractivity contribution in [3.05, 3.63) is 55.5 Å². The van der Waals surface area contributed by atoms with Gasteiger partial charge in [-0.25, -0.2) is 13.2 Å². The van der Waals surface area contributed by atoms with E-state index < -0.39 is 50.8 Å². The van der Waals surface area contributed by atoms with Gasteiger partial charge in [-0.05, 0) is 15.9 Å². The Balaban J connectivity index is 2.41. The van der Waals surface area contributed by atoms with Crippen molar-refractivity contribution in [1.29, 1.82) is 0 Å². The Kier molecular flexibility index (Phi) is 3.29. The van der Waals surface area contributed by atoms with Crippen LogP contribution < -0.4 is 16.6 Å². The minimum absolute atomic E-state index is 0.243. The number of aromatic nitrogens is 1. The molecule has 2 aromatic rings. The Hall–Kier alpha value is -2.62. The molecule has 0 unspecified atom stereocenters. The number of amides is 2. The highest BCUT2D eigenvalue weighted by molar-refractivity contribution is 9.10. The first-order chi connectivity index (χ1) is 10.7. The van der Waals surface area contributed by atoms with Gasteiger partial charge in [0.25, 0.3) is 17.4 Å². The molecule has 1 aliphatic heterocycles. The van der Waals surface area contributed by atoms with Crippen molar-refractivity contribution < 1.29 is 22.8 Å². The number of hydrogen-bond acceptors (Lipinski definition) is 4. The number of carbonyl (C=O) groups is 2. The van der Waals surface area contributed by atoms with Crippen LogP contribution >= 0.6 is 15.9 Å². The fourth-order valence-corrected chi connectivity index (χ4v) is 2.72. The summed E-state index contributed by atoms with van der Waals surface area (Å²) in [6, 6.07) is 1.35. The third-order valence-electron chi connectivity index (χ3n) is 3.28. The second kappa shape index (κ2) is 4.95. The van der Waals surface area contributed by atoms with E-state index in [1.807, 2.05) is 5.32 Å². The molecule has 6 nitrogen and oxygen atoms in total. The lowest BCUT2D eigenvalue weighted by Gasteiger charge is -2.14. The number of imide groups is 1. The SMILES string of the molecule is Nc1c2c(cc(=O)n1-c1cc(F)c(F)c(F)c1Br)C(=O)NC2=O. The molecular weight excluding hydrogens is 383 g/mol. The van der Waals surface area contributed by atoms with Crippen LogP contribution in [-0.2, 0) is 0 Å². The smallest absolute Gasteiger partial charge is 0.262 e. The summed E-state index contributed by atoms with van der Waals surface area (Å²) in [6.45, 7) is 0. The molecule has 0 bridgehead atoms. The molecule has 0 spiro atoms. The minimum Gasteiger partial charge on any atom is -0.384 e. The Bertz CT molecular complexity index is 971. The van der Waals surface area contributed by atoms with Gasteiger partial charge in [-0.1, -0.05) is 0 Å². The molecule has 2 amide bonds. The van der Waals surface area contributed by atoms with E-state index in [2.05, 4.69) is 15.9 Å². The van der Waals surface area contributed by atoms with Crippen LogP contribution in [0, 0.1) is 17.5 Å². The van der Waals surface area contributed by atoms with Crippen LogP contribution in [0.2, 0.25) is 0 Å². The number of rotatable bonds is 1. The van der Waals surface area contributed by atoms with Crippen LogP contribution in [0.4, 0.5) is 19.0 Å². The largest absolute Gasteiger partial charge is 0.384 e. The summed E-state index contributed by atoms with van der Waals surface area (Å²) in [7, 11) is 0. The van der Waals surface area contributed by atoms with Crippen LogP contribution in [0.3, 0.4) is 0 Å². The van der Waals surface area contributed by atoms with Crippen molar-refractivity contribution in [3.63, 3.8) is 0 Å². The summed E-state index contributed by atoms with van der Waals surface area (Å²) in [6.07, 6.45) is 0. The summed E-state index contributed by atoms with van der Waals surface area (Å²) in [5.41, 5.74) is 3.81. The molecule has 3 rings (SSSR count). The molecular formula is C13H5BrF3N3O3. The number of nitrogens with zero attached hydrogens (tertiary/aromatic N) is 1. The maximum atomic E-state index is 13.7. The molecule has 1 aromatic carbocycles. The van der Waals surface area contributed by atoms with E-state index in [0.29, 0.717) is 10.6 Å². The average molecular weight is 388 g/mol. The summed E-state index contributed by atoms with van der Waals surface area (Å²) in [5, 5.41) is 1.95. The molecule has 0 radical (unpaired) electrons. The standard InChI is InChI=1S/C13H5BrF3N3O3/c14-8-5(2-4(15)9(16)10(8)17)20-6(21)1-3-7(11(20)18)13(23)19-12(3)22/h1-2H,18H2,(H,19,22,23). The predicted octanol–water partition coefficient (Wildman–Crippen LogP) is 1.48.